The van der Waals surface area contributed by atoms with Crippen LogP contribution in [-0.2, 0) is 15.5 Å². The summed E-state index contributed by atoms with van der Waals surface area (Å²) in [5, 5.41) is 0. The molecule has 1 unspecified atom stereocenters. The smallest absolute Gasteiger partial charge is 0.313 e. The van der Waals surface area contributed by atoms with Gasteiger partial charge in [-0.15, -0.1) is 0 Å². The third-order valence-electron chi connectivity index (χ3n) is 1.51. The zero-order chi connectivity index (χ0) is 9.73. The van der Waals surface area contributed by atoms with Crippen LogP contribution in [-0.4, -0.2) is 11.5 Å². The number of hydrogen-bond donors (Lipinski definition) is 2. The minimum absolute atomic E-state index is 0.161. The molecule has 0 fully saturated rings. The Morgan fingerprint density at radius 2 is 2.00 bits per heavy atom. The van der Waals surface area contributed by atoms with Gasteiger partial charge in [-0.05, 0) is 12.0 Å². The molecule has 0 aliphatic rings. The summed E-state index contributed by atoms with van der Waals surface area (Å²) < 4.78 is 15.0. The van der Waals surface area contributed by atoms with Crippen LogP contribution in [0, 0.1) is 0 Å². The van der Waals surface area contributed by atoms with E-state index >= 15 is 0 Å². The van der Waals surface area contributed by atoms with Gasteiger partial charge in [0.15, 0.2) is 0 Å². The van der Waals surface area contributed by atoms with Crippen molar-refractivity contribution in [3.8, 4) is 0 Å². The van der Waals surface area contributed by atoms with Gasteiger partial charge >= 0.3 is 7.75 Å². The highest BCUT2D eigenvalue weighted by atomic mass is 31.2. The lowest BCUT2D eigenvalue weighted by atomic mass is 10.2. The number of benzene rings is 1. The van der Waals surface area contributed by atoms with Crippen LogP contribution in [0.1, 0.15) is 5.56 Å². The summed E-state index contributed by atoms with van der Waals surface area (Å²) in [6.07, 6.45) is 0.586. The molecular weight excluding hydrogens is 189 g/mol. The lowest BCUT2D eigenvalue weighted by molar-refractivity contribution is 0.263. The number of hydrogen-bond acceptors (Lipinski definition) is 2. The fraction of sp³-hybridized carbons (Fsp3) is 0.250. The minimum Gasteiger partial charge on any atom is -0.313 e. The quantitative estimate of drug-likeness (QED) is 0.720. The second-order valence-electron chi connectivity index (χ2n) is 2.63. The summed E-state index contributed by atoms with van der Waals surface area (Å²) >= 11 is 0. The van der Waals surface area contributed by atoms with Crippen LogP contribution in [0.25, 0.3) is 0 Å². The maximum Gasteiger partial charge on any atom is 0.400 e. The van der Waals surface area contributed by atoms with Crippen molar-refractivity contribution in [1.29, 1.82) is 0 Å². The van der Waals surface area contributed by atoms with Crippen LogP contribution in [0.2, 0.25) is 0 Å². The Morgan fingerprint density at radius 3 is 2.54 bits per heavy atom. The van der Waals surface area contributed by atoms with Gasteiger partial charge in [0.05, 0.1) is 6.61 Å². The summed E-state index contributed by atoms with van der Waals surface area (Å²) in [7, 11) is -3.80. The van der Waals surface area contributed by atoms with E-state index in [-0.39, 0.29) is 6.61 Å². The van der Waals surface area contributed by atoms with Crippen LogP contribution in [0.3, 0.4) is 0 Å². The highest BCUT2D eigenvalue weighted by Gasteiger charge is 2.09. The van der Waals surface area contributed by atoms with E-state index in [9.17, 15) is 4.57 Å². The van der Waals surface area contributed by atoms with Crippen LogP contribution in [0.15, 0.2) is 30.3 Å². The molecule has 3 N–H and O–H groups in total. The van der Waals surface area contributed by atoms with Crippen molar-refractivity contribution in [3.05, 3.63) is 35.9 Å². The van der Waals surface area contributed by atoms with Gasteiger partial charge in [-0.25, -0.2) is 10.1 Å². The van der Waals surface area contributed by atoms with E-state index in [0.29, 0.717) is 6.42 Å². The molecule has 0 aliphatic carbocycles. The fourth-order valence-electron chi connectivity index (χ4n) is 0.939. The zero-order valence-corrected chi connectivity index (χ0v) is 7.98. The average Bonchev–Trinajstić information content (AvgIpc) is 2.04. The van der Waals surface area contributed by atoms with Crippen molar-refractivity contribution in [2.45, 2.75) is 6.42 Å². The summed E-state index contributed by atoms with van der Waals surface area (Å²) in [6.45, 7) is 0.161. The normalized spacial score (nSPS) is 15.2. The number of rotatable bonds is 4. The first kappa shape index (κ1) is 10.4. The third-order valence-corrected chi connectivity index (χ3v) is 2.06. The third kappa shape index (κ3) is 4.80. The van der Waals surface area contributed by atoms with E-state index in [1.807, 2.05) is 30.3 Å². The first-order valence-electron chi connectivity index (χ1n) is 3.88. The molecule has 0 bridgehead atoms. The monoisotopic (exact) mass is 201 g/mol. The average molecular weight is 201 g/mol. The summed E-state index contributed by atoms with van der Waals surface area (Å²) in [4.78, 5) is 8.61. The van der Waals surface area contributed by atoms with Gasteiger partial charge in [0, 0.05) is 0 Å². The van der Waals surface area contributed by atoms with Crippen molar-refractivity contribution >= 4 is 7.75 Å². The van der Waals surface area contributed by atoms with Crippen molar-refractivity contribution in [2.24, 2.45) is 5.50 Å². The SMILES string of the molecule is NP(=O)(O)OCCc1ccccc1. The second kappa shape index (κ2) is 4.53. The highest BCUT2D eigenvalue weighted by molar-refractivity contribution is 7.50. The second-order valence-corrected chi connectivity index (χ2v) is 4.02. The molecule has 1 aromatic rings. The fourth-order valence-corrected chi connectivity index (χ4v) is 1.29. The topological polar surface area (TPSA) is 72.6 Å². The van der Waals surface area contributed by atoms with Crippen LogP contribution in [0.5, 0.6) is 0 Å². The Kier molecular flexibility index (Phi) is 3.63. The van der Waals surface area contributed by atoms with Crippen molar-refractivity contribution in [3.63, 3.8) is 0 Å². The molecule has 0 spiro atoms. The molecule has 1 aromatic carbocycles. The lowest BCUT2D eigenvalue weighted by Gasteiger charge is -2.05. The van der Waals surface area contributed by atoms with Crippen molar-refractivity contribution in [2.75, 3.05) is 6.61 Å². The van der Waals surface area contributed by atoms with Crippen molar-refractivity contribution in [1.82, 2.24) is 0 Å². The predicted molar refractivity (Wildman–Crippen MR) is 50.1 cm³/mol. The molecule has 0 heterocycles. The van der Waals surface area contributed by atoms with E-state index in [4.69, 9.17) is 10.4 Å². The summed E-state index contributed by atoms with van der Waals surface area (Å²) in [5.74, 6) is 0. The standard InChI is InChI=1S/C8H12NO3P/c9-13(10,11)12-7-6-8-4-2-1-3-5-8/h1-5H,6-7H2,(H3,9,10,11). The summed E-state index contributed by atoms with van der Waals surface area (Å²) in [5.41, 5.74) is 5.84. The Morgan fingerprint density at radius 1 is 1.38 bits per heavy atom. The van der Waals surface area contributed by atoms with E-state index in [1.165, 1.54) is 0 Å². The zero-order valence-electron chi connectivity index (χ0n) is 7.09. The van der Waals surface area contributed by atoms with E-state index in [2.05, 4.69) is 4.52 Å². The Hall–Kier alpha value is -0.670. The maximum absolute atomic E-state index is 10.5. The molecule has 4 nitrogen and oxygen atoms in total. The molecule has 0 amide bonds. The number of nitrogens with two attached hydrogens (primary N) is 1. The first-order valence-corrected chi connectivity index (χ1v) is 5.52. The van der Waals surface area contributed by atoms with E-state index < -0.39 is 7.75 Å². The molecule has 5 heteroatoms. The largest absolute Gasteiger partial charge is 0.400 e. The molecule has 1 atom stereocenters. The van der Waals surface area contributed by atoms with E-state index in [1.54, 1.807) is 0 Å². The van der Waals surface area contributed by atoms with Crippen molar-refractivity contribution < 1.29 is 14.0 Å². The molecule has 0 radical (unpaired) electrons. The van der Waals surface area contributed by atoms with E-state index in [0.717, 1.165) is 5.56 Å². The summed E-state index contributed by atoms with van der Waals surface area (Å²) in [6, 6.07) is 9.54. The van der Waals surface area contributed by atoms with Gasteiger partial charge in [0.2, 0.25) is 0 Å². The van der Waals surface area contributed by atoms with Gasteiger partial charge in [-0.1, -0.05) is 30.3 Å². The minimum atomic E-state index is -3.80. The molecule has 0 saturated carbocycles. The van der Waals surface area contributed by atoms with Gasteiger partial charge in [0.1, 0.15) is 0 Å². The highest BCUT2D eigenvalue weighted by Crippen LogP contribution is 2.30. The molecule has 1 rings (SSSR count). The van der Waals surface area contributed by atoms with Gasteiger partial charge in [0.25, 0.3) is 0 Å². The molecular formula is C8H12NO3P. The Labute approximate surface area is 76.9 Å². The molecule has 13 heavy (non-hydrogen) atoms. The molecule has 0 aromatic heterocycles. The maximum atomic E-state index is 10.5. The predicted octanol–water partition coefficient (Wildman–Crippen LogP) is 1.30. The van der Waals surface area contributed by atoms with Gasteiger partial charge < -0.3 is 4.89 Å². The van der Waals surface area contributed by atoms with Gasteiger partial charge in [-0.3, -0.25) is 4.52 Å². The van der Waals surface area contributed by atoms with Crippen LogP contribution in [0.4, 0.5) is 0 Å². The van der Waals surface area contributed by atoms with Crippen LogP contribution >= 0.6 is 7.75 Å². The Balaban J connectivity index is 2.33. The molecule has 0 saturated heterocycles. The molecule has 72 valence electrons. The first-order chi connectivity index (χ1) is 6.08. The lowest BCUT2D eigenvalue weighted by Crippen LogP contribution is -2.02. The van der Waals surface area contributed by atoms with Gasteiger partial charge in [-0.2, -0.15) is 0 Å². The van der Waals surface area contributed by atoms with Crippen LogP contribution < -0.4 is 5.50 Å². The molecule has 0 aliphatic heterocycles. The Bertz CT molecular complexity index is 296.